The van der Waals surface area contributed by atoms with Gasteiger partial charge in [-0.25, -0.2) is 4.39 Å². The van der Waals surface area contributed by atoms with Crippen LogP contribution in [0.15, 0.2) is 48.5 Å². The van der Waals surface area contributed by atoms with Crippen LogP contribution in [0, 0.1) is 5.82 Å². The molecule has 8 heteroatoms. The van der Waals surface area contributed by atoms with Crippen molar-refractivity contribution in [2.45, 2.75) is 0 Å². The smallest absolute Gasteiger partial charge is 0.256 e. The summed E-state index contributed by atoms with van der Waals surface area (Å²) in [6.45, 7) is 5.44. The maximum atomic E-state index is 13.1. The minimum absolute atomic E-state index is 0.0906. The number of anilines is 2. The predicted molar refractivity (Wildman–Crippen MR) is 117 cm³/mol. The number of benzene rings is 2. The molecule has 4 rings (SSSR count). The number of rotatable bonds is 5. The van der Waals surface area contributed by atoms with Crippen molar-refractivity contribution in [1.82, 2.24) is 9.80 Å². The molecule has 1 N–H and O–H groups in total. The molecule has 2 aromatic carbocycles. The van der Waals surface area contributed by atoms with Crippen molar-refractivity contribution >= 4 is 23.2 Å². The van der Waals surface area contributed by atoms with Crippen molar-refractivity contribution in [2.75, 3.05) is 69.2 Å². The van der Waals surface area contributed by atoms with E-state index < -0.39 is 0 Å². The number of carbonyl (C=O) groups is 2. The fraction of sp³-hybridized carbons (Fsp3) is 0.391. The van der Waals surface area contributed by atoms with Crippen molar-refractivity contribution in [3.8, 4) is 0 Å². The summed E-state index contributed by atoms with van der Waals surface area (Å²) < 4.78 is 18.4. The molecule has 2 saturated heterocycles. The fourth-order valence-corrected chi connectivity index (χ4v) is 3.92. The SMILES string of the molecule is O=C(CN1CCN(c2ccc(F)cc2)CC1)Nc1ccccc1C(=O)N1CCOCC1. The third-order valence-electron chi connectivity index (χ3n) is 5.66. The summed E-state index contributed by atoms with van der Waals surface area (Å²) in [5.74, 6) is -0.476. The number of nitrogens with one attached hydrogen (secondary N) is 1. The summed E-state index contributed by atoms with van der Waals surface area (Å²) in [7, 11) is 0. The lowest BCUT2D eigenvalue weighted by Crippen LogP contribution is -2.48. The Morgan fingerprint density at radius 1 is 0.903 bits per heavy atom. The van der Waals surface area contributed by atoms with Gasteiger partial charge in [0.15, 0.2) is 0 Å². The van der Waals surface area contributed by atoms with E-state index >= 15 is 0 Å². The molecular formula is C23H27FN4O3. The Bertz CT molecular complexity index is 907. The molecule has 0 aliphatic carbocycles. The number of para-hydroxylation sites is 1. The Kier molecular flexibility index (Phi) is 6.79. The van der Waals surface area contributed by atoms with Gasteiger partial charge in [0.25, 0.3) is 5.91 Å². The van der Waals surface area contributed by atoms with Crippen LogP contribution < -0.4 is 10.2 Å². The summed E-state index contributed by atoms with van der Waals surface area (Å²) >= 11 is 0. The van der Waals surface area contributed by atoms with E-state index in [1.54, 1.807) is 35.2 Å². The highest BCUT2D eigenvalue weighted by molar-refractivity contribution is 6.04. The number of hydrogen-bond acceptors (Lipinski definition) is 5. The number of carbonyl (C=O) groups excluding carboxylic acids is 2. The molecule has 31 heavy (non-hydrogen) atoms. The maximum Gasteiger partial charge on any atom is 0.256 e. The molecule has 7 nitrogen and oxygen atoms in total. The second-order valence-corrected chi connectivity index (χ2v) is 7.74. The Morgan fingerprint density at radius 3 is 2.29 bits per heavy atom. The molecule has 2 aliphatic rings. The number of morpholine rings is 1. The molecule has 0 saturated carbocycles. The Hall–Kier alpha value is -2.97. The zero-order valence-electron chi connectivity index (χ0n) is 17.4. The largest absolute Gasteiger partial charge is 0.378 e. The fourth-order valence-electron chi connectivity index (χ4n) is 3.92. The molecule has 0 aromatic heterocycles. The number of halogens is 1. The van der Waals surface area contributed by atoms with Crippen LogP contribution in [0.5, 0.6) is 0 Å². The Morgan fingerprint density at radius 2 is 1.58 bits per heavy atom. The number of nitrogens with zero attached hydrogens (tertiary/aromatic N) is 3. The average molecular weight is 426 g/mol. The average Bonchev–Trinajstić information content (AvgIpc) is 2.81. The molecule has 0 unspecified atom stereocenters. The normalized spacial score (nSPS) is 17.5. The van der Waals surface area contributed by atoms with E-state index in [-0.39, 0.29) is 24.2 Å². The van der Waals surface area contributed by atoms with Gasteiger partial charge in [-0.15, -0.1) is 0 Å². The standard InChI is InChI=1S/C23H27FN4O3/c24-18-5-7-19(8-6-18)27-11-9-26(10-12-27)17-22(29)25-21-4-2-1-3-20(21)23(30)28-13-15-31-16-14-28/h1-8H,9-17H2,(H,25,29). The molecule has 0 bridgehead atoms. The summed E-state index contributed by atoms with van der Waals surface area (Å²) in [4.78, 5) is 31.6. The highest BCUT2D eigenvalue weighted by Gasteiger charge is 2.23. The van der Waals surface area contributed by atoms with E-state index in [1.807, 2.05) is 6.07 Å². The summed E-state index contributed by atoms with van der Waals surface area (Å²) in [6, 6.07) is 13.6. The molecule has 2 heterocycles. The summed E-state index contributed by atoms with van der Waals surface area (Å²) in [5, 5.41) is 2.91. The van der Waals surface area contributed by atoms with Crippen molar-refractivity contribution < 1.29 is 18.7 Å². The second kappa shape index (κ2) is 9.89. The molecular weight excluding hydrogens is 399 g/mol. The van der Waals surface area contributed by atoms with Gasteiger partial charge in [-0.1, -0.05) is 12.1 Å². The molecule has 164 valence electrons. The van der Waals surface area contributed by atoms with Crippen LogP contribution in [0.25, 0.3) is 0 Å². The van der Waals surface area contributed by atoms with Gasteiger partial charge in [-0.3, -0.25) is 14.5 Å². The molecule has 2 aromatic rings. The van der Waals surface area contributed by atoms with Crippen LogP contribution in [0.3, 0.4) is 0 Å². The molecule has 2 amide bonds. The van der Waals surface area contributed by atoms with Gasteiger partial charge in [-0.2, -0.15) is 0 Å². The lowest BCUT2D eigenvalue weighted by Gasteiger charge is -2.35. The van der Waals surface area contributed by atoms with Gasteiger partial charge in [0.1, 0.15) is 5.82 Å². The second-order valence-electron chi connectivity index (χ2n) is 7.74. The van der Waals surface area contributed by atoms with E-state index in [9.17, 15) is 14.0 Å². The van der Waals surface area contributed by atoms with E-state index in [4.69, 9.17) is 4.74 Å². The van der Waals surface area contributed by atoms with Crippen LogP contribution in [0.1, 0.15) is 10.4 Å². The van der Waals surface area contributed by atoms with E-state index in [0.29, 0.717) is 37.6 Å². The lowest BCUT2D eigenvalue weighted by molar-refractivity contribution is -0.117. The van der Waals surface area contributed by atoms with Crippen molar-refractivity contribution in [3.63, 3.8) is 0 Å². The van der Waals surface area contributed by atoms with Gasteiger partial charge in [-0.05, 0) is 36.4 Å². The van der Waals surface area contributed by atoms with Crippen LogP contribution in [0.2, 0.25) is 0 Å². The van der Waals surface area contributed by atoms with E-state index in [1.165, 1.54) is 12.1 Å². The van der Waals surface area contributed by atoms with Crippen LogP contribution in [-0.4, -0.2) is 80.6 Å². The molecule has 2 aliphatic heterocycles. The first kappa shape index (κ1) is 21.3. The quantitative estimate of drug-likeness (QED) is 0.793. The third-order valence-corrected chi connectivity index (χ3v) is 5.66. The highest BCUT2D eigenvalue weighted by atomic mass is 19.1. The summed E-state index contributed by atoms with van der Waals surface area (Å²) in [5.41, 5.74) is 2.02. The number of amides is 2. The molecule has 0 radical (unpaired) electrons. The van der Waals surface area contributed by atoms with Crippen molar-refractivity contribution in [1.29, 1.82) is 0 Å². The van der Waals surface area contributed by atoms with Gasteiger partial charge >= 0.3 is 0 Å². The Balaban J connectivity index is 1.31. The Labute approximate surface area is 181 Å². The highest BCUT2D eigenvalue weighted by Crippen LogP contribution is 2.19. The lowest BCUT2D eigenvalue weighted by atomic mass is 10.1. The first-order valence-corrected chi connectivity index (χ1v) is 10.6. The minimum atomic E-state index is -0.244. The number of ether oxygens (including phenoxy) is 1. The zero-order chi connectivity index (χ0) is 21.6. The minimum Gasteiger partial charge on any atom is -0.378 e. The predicted octanol–water partition coefficient (Wildman–Crippen LogP) is 2.06. The first-order chi connectivity index (χ1) is 15.1. The van der Waals surface area contributed by atoms with Crippen molar-refractivity contribution in [2.24, 2.45) is 0 Å². The van der Waals surface area contributed by atoms with Crippen LogP contribution in [-0.2, 0) is 9.53 Å². The monoisotopic (exact) mass is 426 g/mol. The van der Waals surface area contributed by atoms with Gasteiger partial charge in [0.05, 0.1) is 31.0 Å². The zero-order valence-corrected chi connectivity index (χ0v) is 17.4. The van der Waals surface area contributed by atoms with Gasteiger partial charge in [0, 0.05) is 45.0 Å². The van der Waals surface area contributed by atoms with Crippen LogP contribution in [0.4, 0.5) is 15.8 Å². The van der Waals surface area contributed by atoms with Crippen molar-refractivity contribution in [3.05, 3.63) is 59.9 Å². The molecule has 0 spiro atoms. The van der Waals surface area contributed by atoms with Crippen LogP contribution >= 0.6 is 0 Å². The van der Waals surface area contributed by atoms with E-state index in [0.717, 1.165) is 31.9 Å². The van der Waals surface area contributed by atoms with Gasteiger partial charge < -0.3 is 19.9 Å². The maximum absolute atomic E-state index is 13.1. The van der Waals surface area contributed by atoms with E-state index in [2.05, 4.69) is 15.1 Å². The number of hydrogen-bond donors (Lipinski definition) is 1. The summed E-state index contributed by atoms with van der Waals surface area (Å²) in [6.07, 6.45) is 0. The third kappa shape index (κ3) is 5.39. The molecule has 2 fully saturated rings. The number of piperazine rings is 1. The molecule has 0 atom stereocenters. The van der Waals surface area contributed by atoms with Gasteiger partial charge in [0.2, 0.25) is 5.91 Å². The first-order valence-electron chi connectivity index (χ1n) is 10.6. The topological polar surface area (TPSA) is 65.1 Å².